The molecule has 0 saturated carbocycles. The van der Waals surface area contributed by atoms with Gasteiger partial charge in [-0.2, -0.15) is 0 Å². The van der Waals surface area contributed by atoms with Crippen LogP contribution in [0.1, 0.15) is 43.7 Å². The first-order chi connectivity index (χ1) is 18.5. The van der Waals surface area contributed by atoms with Crippen molar-refractivity contribution in [3.63, 3.8) is 0 Å². The van der Waals surface area contributed by atoms with Gasteiger partial charge in [-0.05, 0) is 44.7 Å². The highest BCUT2D eigenvalue weighted by molar-refractivity contribution is 7.99. The van der Waals surface area contributed by atoms with Gasteiger partial charge in [0, 0.05) is 37.2 Å². The number of hydrogen-bond donors (Lipinski definition) is 0. The van der Waals surface area contributed by atoms with Gasteiger partial charge < -0.3 is 14.2 Å². The van der Waals surface area contributed by atoms with E-state index in [1.807, 2.05) is 24.0 Å². The molecule has 3 heterocycles. The number of ether oxygens (including phenoxy) is 1. The van der Waals surface area contributed by atoms with E-state index in [4.69, 9.17) is 9.72 Å². The van der Waals surface area contributed by atoms with Gasteiger partial charge in [0.15, 0.2) is 5.65 Å². The number of aryl methyl sites for hydroxylation is 1. The summed E-state index contributed by atoms with van der Waals surface area (Å²) in [7, 11) is 0. The first-order valence-electron chi connectivity index (χ1n) is 13.3. The molecule has 1 unspecified atom stereocenters. The standard InChI is InChI=1S/C29H33N5O3S/c1-3-37-28(36)22-11-7-15-33(19-22)25(35)14-8-16-38-29-30-27-26(31-32-29)23-12-4-5-13-24(23)34(27)18-21-10-6-9-20(2)17-21/h4-6,9-10,12-13,17,22H,3,7-8,11,14-16,18-19H2,1-2H3. The van der Waals surface area contributed by atoms with Crippen LogP contribution < -0.4 is 0 Å². The van der Waals surface area contributed by atoms with Crippen LogP contribution in [0.2, 0.25) is 0 Å². The molecule has 0 spiro atoms. The second-order valence-corrected chi connectivity index (χ2v) is 10.8. The molecule has 1 aliphatic heterocycles. The maximum Gasteiger partial charge on any atom is 0.310 e. The zero-order chi connectivity index (χ0) is 26.5. The van der Waals surface area contributed by atoms with Crippen LogP contribution in [-0.2, 0) is 20.9 Å². The van der Waals surface area contributed by atoms with E-state index in [0.29, 0.717) is 50.0 Å². The fourth-order valence-electron chi connectivity index (χ4n) is 5.10. The number of carbonyl (C=O) groups is 2. The van der Waals surface area contributed by atoms with E-state index in [1.54, 1.807) is 0 Å². The highest BCUT2D eigenvalue weighted by Gasteiger charge is 2.29. The van der Waals surface area contributed by atoms with Crippen LogP contribution in [0, 0.1) is 12.8 Å². The van der Waals surface area contributed by atoms with Gasteiger partial charge in [-0.3, -0.25) is 9.59 Å². The molecule has 0 aliphatic carbocycles. The van der Waals surface area contributed by atoms with Crippen LogP contribution in [0.3, 0.4) is 0 Å². The van der Waals surface area contributed by atoms with E-state index in [0.717, 1.165) is 34.9 Å². The van der Waals surface area contributed by atoms with Crippen LogP contribution in [-0.4, -0.2) is 62.0 Å². The molecule has 1 saturated heterocycles. The second kappa shape index (κ2) is 11.9. The normalized spacial score (nSPS) is 15.7. The molecule has 4 aromatic rings. The number of hydrogen-bond acceptors (Lipinski definition) is 7. The highest BCUT2D eigenvalue weighted by Crippen LogP contribution is 2.28. The van der Waals surface area contributed by atoms with E-state index in [2.05, 4.69) is 58.1 Å². The Balaban J connectivity index is 1.24. The number of fused-ring (bicyclic) bond motifs is 3. The number of rotatable bonds is 9. The number of amides is 1. The predicted molar refractivity (Wildman–Crippen MR) is 149 cm³/mol. The summed E-state index contributed by atoms with van der Waals surface area (Å²) in [6.07, 6.45) is 2.76. The number of aromatic nitrogens is 4. The zero-order valence-electron chi connectivity index (χ0n) is 21.9. The van der Waals surface area contributed by atoms with Crippen molar-refractivity contribution >= 4 is 45.7 Å². The smallest absolute Gasteiger partial charge is 0.310 e. The number of thioether (sulfide) groups is 1. The summed E-state index contributed by atoms with van der Waals surface area (Å²) < 4.78 is 7.36. The van der Waals surface area contributed by atoms with Gasteiger partial charge in [-0.25, -0.2) is 4.98 Å². The molecule has 1 fully saturated rings. The van der Waals surface area contributed by atoms with Crippen molar-refractivity contribution in [2.75, 3.05) is 25.4 Å². The molecule has 5 rings (SSSR count). The lowest BCUT2D eigenvalue weighted by molar-refractivity contribution is -0.151. The number of nitrogens with zero attached hydrogens (tertiary/aromatic N) is 5. The minimum Gasteiger partial charge on any atom is -0.466 e. The monoisotopic (exact) mass is 531 g/mol. The topological polar surface area (TPSA) is 90.2 Å². The summed E-state index contributed by atoms with van der Waals surface area (Å²) in [4.78, 5) is 31.6. The molecule has 1 amide bonds. The summed E-state index contributed by atoms with van der Waals surface area (Å²) in [6.45, 7) is 6.14. The van der Waals surface area contributed by atoms with Gasteiger partial charge in [0.05, 0.1) is 18.0 Å². The predicted octanol–water partition coefficient (Wildman–Crippen LogP) is 5.01. The van der Waals surface area contributed by atoms with Crippen molar-refractivity contribution < 1.29 is 14.3 Å². The van der Waals surface area contributed by atoms with E-state index in [1.165, 1.54) is 22.9 Å². The fraction of sp³-hybridized carbons (Fsp3) is 0.414. The molecule has 2 aromatic carbocycles. The molecule has 198 valence electrons. The Morgan fingerprint density at radius 3 is 2.84 bits per heavy atom. The summed E-state index contributed by atoms with van der Waals surface area (Å²) >= 11 is 1.52. The third kappa shape index (κ3) is 5.83. The van der Waals surface area contributed by atoms with Gasteiger partial charge in [0.1, 0.15) is 5.52 Å². The molecule has 8 nitrogen and oxygen atoms in total. The maximum absolute atomic E-state index is 12.8. The molecule has 1 atom stereocenters. The number of benzene rings is 2. The Bertz CT molecular complexity index is 1450. The Labute approximate surface area is 226 Å². The third-order valence-electron chi connectivity index (χ3n) is 6.94. The van der Waals surface area contributed by atoms with Gasteiger partial charge in [0.2, 0.25) is 11.1 Å². The summed E-state index contributed by atoms with van der Waals surface area (Å²) in [5, 5.41) is 10.6. The zero-order valence-corrected chi connectivity index (χ0v) is 22.7. The van der Waals surface area contributed by atoms with Crippen molar-refractivity contribution in [3.8, 4) is 0 Å². The summed E-state index contributed by atoms with van der Waals surface area (Å²) in [5.41, 5.74) is 5.14. The quantitative estimate of drug-likeness (QED) is 0.170. The van der Waals surface area contributed by atoms with Crippen molar-refractivity contribution in [2.24, 2.45) is 5.92 Å². The maximum atomic E-state index is 12.8. The van der Waals surface area contributed by atoms with Crippen molar-refractivity contribution in [3.05, 3.63) is 59.7 Å². The van der Waals surface area contributed by atoms with Crippen LogP contribution in [0.5, 0.6) is 0 Å². The van der Waals surface area contributed by atoms with Crippen LogP contribution >= 0.6 is 11.8 Å². The lowest BCUT2D eigenvalue weighted by Crippen LogP contribution is -2.42. The minimum atomic E-state index is -0.209. The number of esters is 1. The van der Waals surface area contributed by atoms with Crippen LogP contribution in [0.4, 0.5) is 0 Å². The fourth-order valence-corrected chi connectivity index (χ4v) is 5.83. The summed E-state index contributed by atoms with van der Waals surface area (Å²) in [5.74, 6) is 0.402. The second-order valence-electron chi connectivity index (χ2n) is 9.74. The Kier molecular flexibility index (Phi) is 8.22. The third-order valence-corrected chi connectivity index (χ3v) is 7.86. The average molecular weight is 532 g/mol. The number of para-hydroxylation sites is 1. The molecule has 1 aliphatic rings. The van der Waals surface area contributed by atoms with Gasteiger partial charge in [-0.1, -0.05) is 59.8 Å². The van der Waals surface area contributed by atoms with Crippen molar-refractivity contribution in [1.29, 1.82) is 0 Å². The molecule has 2 aromatic heterocycles. The lowest BCUT2D eigenvalue weighted by Gasteiger charge is -2.31. The minimum absolute atomic E-state index is 0.0902. The first kappa shape index (κ1) is 26.2. The van der Waals surface area contributed by atoms with E-state index >= 15 is 0 Å². The number of carbonyl (C=O) groups excluding carboxylic acids is 2. The van der Waals surface area contributed by atoms with Gasteiger partial charge >= 0.3 is 5.97 Å². The largest absolute Gasteiger partial charge is 0.466 e. The van der Waals surface area contributed by atoms with Crippen LogP contribution in [0.15, 0.2) is 53.7 Å². The molecular formula is C29H33N5O3S. The summed E-state index contributed by atoms with van der Waals surface area (Å²) in [6, 6.07) is 16.7. The Morgan fingerprint density at radius 2 is 2.00 bits per heavy atom. The van der Waals surface area contributed by atoms with Crippen molar-refractivity contribution in [1.82, 2.24) is 24.6 Å². The first-order valence-corrected chi connectivity index (χ1v) is 14.3. The molecular weight excluding hydrogens is 498 g/mol. The highest BCUT2D eigenvalue weighted by atomic mass is 32.2. The molecule has 0 radical (unpaired) electrons. The van der Waals surface area contributed by atoms with E-state index < -0.39 is 0 Å². The van der Waals surface area contributed by atoms with E-state index in [9.17, 15) is 9.59 Å². The number of likely N-dealkylation sites (tertiary alicyclic amines) is 1. The molecule has 0 N–H and O–H groups in total. The molecule has 38 heavy (non-hydrogen) atoms. The average Bonchev–Trinajstić information content (AvgIpc) is 3.24. The van der Waals surface area contributed by atoms with E-state index in [-0.39, 0.29) is 17.8 Å². The number of piperidine rings is 1. The molecule has 0 bridgehead atoms. The van der Waals surface area contributed by atoms with Gasteiger partial charge in [-0.15, -0.1) is 10.2 Å². The van der Waals surface area contributed by atoms with Crippen LogP contribution in [0.25, 0.3) is 22.1 Å². The Morgan fingerprint density at radius 1 is 1.13 bits per heavy atom. The van der Waals surface area contributed by atoms with Crippen molar-refractivity contribution in [2.45, 2.75) is 51.2 Å². The Hall–Kier alpha value is -3.46. The van der Waals surface area contributed by atoms with Gasteiger partial charge in [0.25, 0.3) is 0 Å². The molecule has 9 heteroatoms. The lowest BCUT2D eigenvalue weighted by atomic mass is 9.98. The SMILES string of the molecule is CCOC(=O)C1CCCN(C(=O)CCCSc2nnc3c4ccccc4n(Cc4cccc(C)c4)c3n2)C1.